The van der Waals surface area contributed by atoms with E-state index in [0.717, 1.165) is 31.2 Å². The molecule has 0 aromatic carbocycles. The zero-order valence-corrected chi connectivity index (χ0v) is 12.7. The topological polar surface area (TPSA) is 29.1 Å². The normalized spacial score (nSPS) is 23.9. The van der Waals surface area contributed by atoms with Gasteiger partial charge in [0.15, 0.2) is 0 Å². The second kappa shape index (κ2) is 6.27. The number of carbonyl (C=O) groups is 1. The lowest BCUT2D eigenvalue weighted by Crippen LogP contribution is -2.31. The van der Waals surface area contributed by atoms with Crippen molar-refractivity contribution in [1.29, 1.82) is 0 Å². The van der Waals surface area contributed by atoms with Crippen molar-refractivity contribution in [2.75, 3.05) is 6.54 Å². The molecule has 1 aliphatic carbocycles. The summed E-state index contributed by atoms with van der Waals surface area (Å²) in [7, 11) is 0. The summed E-state index contributed by atoms with van der Waals surface area (Å²) in [5, 5.41) is 5.73. The number of thiophene rings is 1. The van der Waals surface area contributed by atoms with Crippen molar-refractivity contribution in [2.24, 2.45) is 5.92 Å². The van der Waals surface area contributed by atoms with Gasteiger partial charge in [0.25, 0.3) is 5.91 Å². The monoisotopic (exact) mass is 305 g/mol. The maximum Gasteiger partial charge on any atom is 0.262 e. The van der Waals surface area contributed by atoms with E-state index in [9.17, 15) is 4.79 Å². The van der Waals surface area contributed by atoms with Crippen molar-refractivity contribution in [3.8, 4) is 0 Å². The molecule has 0 spiro atoms. The molecule has 2 unspecified atom stereocenters. The lowest BCUT2D eigenvalue weighted by atomic mass is 9.89. The Balaban J connectivity index is 1.86. The van der Waals surface area contributed by atoms with Gasteiger partial charge < -0.3 is 5.32 Å². The Hall–Kier alpha value is -0.250. The van der Waals surface area contributed by atoms with Crippen LogP contribution >= 0.6 is 34.5 Å². The van der Waals surface area contributed by atoms with E-state index in [1.807, 2.05) is 12.3 Å². The minimum absolute atomic E-state index is 0.0604. The molecule has 0 radical (unpaired) electrons. The Morgan fingerprint density at radius 3 is 2.94 bits per heavy atom. The van der Waals surface area contributed by atoms with E-state index in [2.05, 4.69) is 5.32 Å². The van der Waals surface area contributed by atoms with Crippen molar-refractivity contribution in [2.45, 2.75) is 38.0 Å². The van der Waals surface area contributed by atoms with Gasteiger partial charge >= 0.3 is 0 Å². The zero-order chi connectivity index (χ0) is 13.1. The van der Waals surface area contributed by atoms with E-state index in [-0.39, 0.29) is 11.3 Å². The molecule has 1 aromatic rings. The van der Waals surface area contributed by atoms with E-state index in [1.54, 1.807) is 0 Å². The molecule has 0 bridgehead atoms. The Bertz CT molecular complexity index is 433. The first-order valence-corrected chi connectivity index (χ1v) is 7.93. The highest BCUT2D eigenvalue weighted by Gasteiger charge is 2.21. The number of halogens is 2. The van der Waals surface area contributed by atoms with E-state index in [0.29, 0.717) is 22.4 Å². The molecule has 100 valence electrons. The maximum absolute atomic E-state index is 12.0. The number of hydrogen-bond donors (Lipinski definition) is 1. The average molecular weight is 306 g/mol. The Morgan fingerprint density at radius 2 is 2.33 bits per heavy atom. The lowest BCUT2D eigenvalue weighted by molar-refractivity contribution is 0.0948. The predicted octanol–water partition coefficient (Wildman–Crippen LogP) is 4.24. The molecule has 0 aliphatic heterocycles. The summed E-state index contributed by atoms with van der Waals surface area (Å²) in [4.78, 5) is 12.6. The highest BCUT2D eigenvalue weighted by molar-refractivity contribution is 7.13. The summed E-state index contributed by atoms with van der Waals surface area (Å²) in [6.45, 7) is 2.62. The van der Waals surface area contributed by atoms with Gasteiger partial charge in [-0.3, -0.25) is 4.79 Å². The van der Waals surface area contributed by atoms with Crippen LogP contribution in [0.4, 0.5) is 0 Å². The Labute approximate surface area is 122 Å². The van der Waals surface area contributed by atoms with Gasteiger partial charge in [-0.15, -0.1) is 22.9 Å². The number of nitrogens with one attached hydrogen (secondary N) is 1. The summed E-state index contributed by atoms with van der Waals surface area (Å²) >= 11 is 13.6. The molecule has 1 N–H and O–H groups in total. The molecule has 2 nitrogen and oxygen atoms in total. The van der Waals surface area contributed by atoms with E-state index < -0.39 is 0 Å². The van der Waals surface area contributed by atoms with Gasteiger partial charge in [-0.05, 0) is 43.0 Å². The number of rotatable bonds is 3. The van der Waals surface area contributed by atoms with Gasteiger partial charge in [0, 0.05) is 11.9 Å². The molecule has 1 aliphatic rings. The van der Waals surface area contributed by atoms with Crippen molar-refractivity contribution in [1.82, 2.24) is 5.32 Å². The minimum atomic E-state index is -0.0604. The summed E-state index contributed by atoms with van der Waals surface area (Å²) in [5.74, 6) is 0.444. The fourth-order valence-corrected chi connectivity index (χ4v) is 3.91. The molecular weight excluding hydrogens is 289 g/mol. The van der Waals surface area contributed by atoms with Crippen LogP contribution in [0, 0.1) is 12.8 Å². The fraction of sp³-hybridized carbons (Fsp3) is 0.615. The number of amides is 1. The van der Waals surface area contributed by atoms with Crippen LogP contribution in [-0.4, -0.2) is 17.8 Å². The minimum Gasteiger partial charge on any atom is -0.351 e. The van der Waals surface area contributed by atoms with Crippen LogP contribution in [0.15, 0.2) is 5.38 Å². The SMILES string of the molecule is Cc1csc(C(=O)NCC2CCCC(Cl)C2)c1Cl. The second-order valence-electron chi connectivity index (χ2n) is 4.90. The largest absolute Gasteiger partial charge is 0.351 e. The Kier molecular flexibility index (Phi) is 4.93. The molecule has 0 saturated heterocycles. The van der Waals surface area contributed by atoms with Gasteiger partial charge in [0.2, 0.25) is 0 Å². The highest BCUT2D eigenvalue weighted by Crippen LogP contribution is 2.29. The molecule has 1 fully saturated rings. The first kappa shape index (κ1) is 14.2. The van der Waals surface area contributed by atoms with Gasteiger partial charge in [0.1, 0.15) is 4.88 Å². The fourth-order valence-electron chi connectivity index (χ4n) is 2.31. The summed E-state index contributed by atoms with van der Waals surface area (Å²) in [6.07, 6.45) is 4.41. The molecule has 1 amide bonds. The van der Waals surface area contributed by atoms with E-state index in [4.69, 9.17) is 23.2 Å². The third kappa shape index (κ3) is 3.40. The zero-order valence-electron chi connectivity index (χ0n) is 10.3. The smallest absolute Gasteiger partial charge is 0.262 e. The second-order valence-corrected chi connectivity index (χ2v) is 6.78. The van der Waals surface area contributed by atoms with Crippen LogP contribution in [0.2, 0.25) is 5.02 Å². The maximum atomic E-state index is 12.0. The van der Waals surface area contributed by atoms with E-state index >= 15 is 0 Å². The van der Waals surface area contributed by atoms with Gasteiger partial charge in [-0.1, -0.05) is 18.0 Å². The van der Waals surface area contributed by atoms with Crippen molar-refractivity contribution in [3.63, 3.8) is 0 Å². The molecular formula is C13H17Cl2NOS. The van der Waals surface area contributed by atoms with Gasteiger partial charge in [-0.2, -0.15) is 0 Å². The van der Waals surface area contributed by atoms with Gasteiger partial charge in [-0.25, -0.2) is 0 Å². The molecule has 1 heterocycles. The Morgan fingerprint density at radius 1 is 1.56 bits per heavy atom. The third-order valence-corrected chi connectivity index (χ3v) is 5.47. The number of alkyl halides is 1. The molecule has 1 aromatic heterocycles. The first-order chi connectivity index (χ1) is 8.58. The summed E-state index contributed by atoms with van der Waals surface area (Å²) < 4.78 is 0. The molecule has 2 atom stereocenters. The van der Waals surface area contributed by atoms with Crippen molar-refractivity contribution >= 4 is 40.4 Å². The molecule has 5 heteroatoms. The van der Waals surface area contributed by atoms with Gasteiger partial charge in [0.05, 0.1) is 5.02 Å². The highest BCUT2D eigenvalue weighted by atomic mass is 35.5. The van der Waals surface area contributed by atoms with E-state index in [1.165, 1.54) is 11.3 Å². The summed E-state index contributed by atoms with van der Waals surface area (Å²) in [5.41, 5.74) is 0.963. The molecule has 1 saturated carbocycles. The summed E-state index contributed by atoms with van der Waals surface area (Å²) in [6, 6.07) is 0. The van der Waals surface area contributed by atoms with Crippen LogP contribution in [0.25, 0.3) is 0 Å². The molecule has 18 heavy (non-hydrogen) atoms. The third-order valence-electron chi connectivity index (χ3n) is 3.38. The quantitative estimate of drug-likeness (QED) is 0.832. The van der Waals surface area contributed by atoms with Crippen LogP contribution < -0.4 is 5.32 Å². The van der Waals surface area contributed by atoms with Crippen LogP contribution in [0.5, 0.6) is 0 Å². The number of hydrogen-bond acceptors (Lipinski definition) is 2. The van der Waals surface area contributed by atoms with Crippen LogP contribution in [0.1, 0.15) is 40.9 Å². The lowest BCUT2D eigenvalue weighted by Gasteiger charge is -2.25. The van der Waals surface area contributed by atoms with Crippen LogP contribution in [-0.2, 0) is 0 Å². The number of aryl methyl sites for hydroxylation is 1. The van der Waals surface area contributed by atoms with Crippen LogP contribution in [0.3, 0.4) is 0 Å². The predicted molar refractivity (Wildman–Crippen MR) is 78.0 cm³/mol. The standard InChI is InChI=1S/C13H17Cl2NOS/c1-8-7-18-12(11(8)15)13(17)16-6-9-3-2-4-10(14)5-9/h7,9-10H,2-6H2,1H3,(H,16,17). The number of carbonyl (C=O) groups excluding carboxylic acids is 1. The van der Waals surface area contributed by atoms with Crippen molar-refractivity contribution < 1.29 is 4.79 Å². The first-order valence-electron chi connectivity index (χ1n) is 6.23. The van der Waals surface area contributed by atoms with Crippen molar-refractivity contribution in [3.05, 3.63) is 20.8 Å². The molecule has 2 rings (SSSR count). The average Bonchev–Trinajstić information content (AvgIpc) is 2.67.